The zero-order chi connectivity index (χ0) is 41.1. The van der Waals surface area contributed by atoms with Crippen molar-refractivity contribution in [2.24, 2.45) is 12.5 Å². The Hall–Kier alpha value is -2.92. The number of carbonyl (C=O) groups excluding carboxylic acids is 1. The molecule has 304 valence electrons. The molecule has 2 saturated heterocycles. The SMILES string of the molecule is Cc1c(-c2c(C)c(Br)nn2C)nc(-c2cc(OC[C@@H](CN(C)C(=O)OC(C)(C)C)O[Si](C)(C)C(C)(C)C)ccc2Cl)nc1N1CC2(CN(CC(F)(F)F)C2)C1. The van der Waals surface area contributed by atoms with Crippen LogP contribution in [0.25, 0.3) is 22.8 Å². The molecule has 0 aliphatic carbocycles. The van der Waals surface area contributed by atoms with E-state index in [4.69, 9.17) is 35.5 Å². The number of rotatable bonds is 11. The summed E-state index contributed by atoms with van der Waals surface area (Å²) < 4.78 is 60.3. The van der Waals surface area contributed by atoms with Gasteiger partial charge in [0.15, 0.2) is 14.1 Å². The number of ether oxygens (including phenoxy) is 2. The zero-order valence-corrected chi connectivity index (χ0v) is 37.3. The minimum atomic E-state index is -4.22. The van der Waals surface area contributed by atoms with E-state index in [1.165, 1.54) is 9.80 Å². The Morgan fingerprint density at radius 1 is 1.05 bits per heavy atom. The fraction of sp³-hybridized carbons (Fsp3) is 0.632. The summed E-state index contributed by atoms with van der Waals surface area (Å²) in [6, 6.07) is 5.30. The van der Waals surface area contributed by atoms with Crippen LogP contribution in [0, 0.1) is 19.3 Å². The first-order valence-electron chi connectivity index (χ1n) is 18.3. The topological polar surface area (TPSA) is 98.1 Å². The molecular weight excluding hydrogens is 819 g/mol. The van der Waals surface area contributed by atoms with Crippen LogP contribution in [-0.2, 0) is 16.2 Å². The van der Waals surface area contributed by atoms with Crippen LogP contribution in [0.4, 0.5) is 23.8 Å². The third-order valence-electron chi connectivity index (χ3n) is 10.5. The van der Waals surface area contributed by atoms with Gasteiger partial charge in [0.25, 0.3) is 0 Å². The van der Waals surface area contributed by atoms with Gasteiger partial charge in [0, 0.05) is 62.4 Å². The lowest BCUT2D eigenvalue weighted by atomic mass is 9.72. The number of likely N-dealkylation sites (tertiary alicyclic amines) is 1. The van der Waals surface area contributed by atoms with Gasteiger partial charge in [0.05, 0.1) is 35.6 Å². The second kappa shape index (κ2) is 15.4. The highest BCUT2D eigenvalue weighted by Crippen LogP contribution is 2.45. The first-order valence-corrected chi connectivity index (χ1v) is 22.4. The van der Waals surface area contributed by atoms with Gasteiger partial charge in [-0.25, -0.2) is 14.8 Å². The normalized spacial score (nSPS) is 16.9. The van der Waals surface area contributed by atoms with E-state index in [1.54, 1.807) is 29.9 Å². The van der Waals surface area contributed by atoms with E-state index in [2.05, 4.69) is 59.8 Å². The minimum Gasteiger partial charge on any atom is -0.491 e. The van der Waals surface area contributed by atoms with Crippen molar-refractivity contribution < 1.29 is 31.9 Å². The standard InChI is InChI=1S/C38H54BrClF3N7O4Si/c1-23-29(30-24(2)31(39)46-48(30)10)44-32(45-33(23)50-20-37(21-50)18-49(19-37)22-38(41,42)43)27-15-25(13-14-28(27)40)52-17-26(54-55(11,12)36(6,7)8)16-47(9)34(51)53-35(3,4)5/h13-15,26H,16-22H2,1-12H3/t26-/m1/s1. The van der Waals surface area contributed by atoms with E-state index in [0.29, 0.717) is 64.5 Å². The summed E-state index contributed by atoms with van der Waals surface area (Å²) in [4.78, 5) is 28.1. The maximum Gasteiger partial charge on any atom is 0.410 e. The number of amides is 1. The largest absolute Gasteiger partial charge is 0.491 e. The molecule has 0 saturated carbocycles. The van der Waals surface area contributed by atoms with Crippen molar-refractivity contribution in [3.63, 3.8) is 0 Å². The molecule has 4 heterocycles. The Morgan fingerprint density at radius 2 is 1.69 bits per heavy atom. The number of aromatic nitrogens is 4. The van der Waals surface area contributed by atoms with Crippen molar-refractivity contribution in [2.45, 2.75) is 91.4 Å². The number of aryl methyl sites for hydroxylation is 1. The van der Waals surface area contributed by atoms with E-state index in [9.17, 15) is 18.0 Å². The van der Waals surface area contributed by atoms with Gasteiger partial charge in [-0.1, -0.05) is 32.4 Å². The Balaban J connectivity index is 1.45. The molecule has 0 radical (unpaired) electrons. The second-order valence-corrected chi connectivity index (χ2v) is 23.6. The number of hydrogen-bond acceptors (Lipinski definition) is 9. The Morgan fingerprint density at radius 3 is 2.24 bits per heavy atom. The van der Waals surface area contributed by atoms with Crippen LogP contribution in [0.2, 0.25) is 23.2 Å². The van der Waals surface area contributed by atoms with Crippen LogP contribution >= 0.6 is 27.5 Å². The highest BCUT2D eigenvalue weighted by molar-refractivity contribution is 9.10. The third kappa shape index (κ3) is 9.97. The van der Waals surface area contributed by atoms with Gasteiger partial charge >= 0.3 is 12.3 Å². The van der Waals surface area contributed by atoms with E-state index in [1.807, 2.05) is 41.7 Å². The number of benzene rings is 1. The molecule has 0 unspecified atom stereocenters. The summed E-state index contributed by atoms with van der Waals surface area (Å²) in [5.41, 5.74) is 2.88. The number of halogens is 5. The van der Waals surface area contributed by atoms with Crippen LogP contribution < -0.4 is 9.64 Å². The summed E-state index contributed by atoms with van der Waals surface area (Å²) in [6.45, 7) is 21.6. The van der Waals surface area contributed by atoms with Crippen molar-refractivity contribution in [2.75, 3.05) is 57.8 Å². The van der Waals surface area contributed by atoms with Crippen molar-refractivity contribution in [1.29, 1.82) is 0 Å². The van der Waals surface area contributed by atoms with Gasteiger partial charge in [-0.2, -0.15) is 18.3 Å². The average Bonchev–Trinajstić information content (AvgIpc) is 3.25. The van der Waals surface area contributed by atoms with Crippen LogP contribution in [0.1, 0.15) is 52.7 Å². The molecule has 0 bridgehead atoms. The average molecular weight is 873 g/mol. The van der Waals surface area contributed by atoms with Crippen molar-refractivity contribution in [3.8, 4) is 28.5 Å². The number of likely N-dealkylation sites (N-methyl/N-ethyl adjacent to an activating group) is 1. The second-order valence-electron chi connectivity index (χ2n) is 17.7. The zero-order valence-electron chi connectivity index (χ0n) is 33.9. The van der Waals surface area contributed by atoms with Gasteiger partial charge in [-0.05, 0) is 86.9 Å². The van der Waals surface area contributed by atoms with Crippen molar-refractivity contribution >= 4 is 47.8 Å². The molecule has 1 spiro atoms. The molecule has 55 heavy (non-hydrogen) atoms. The van der Waals surface area contributed by atoms with Crippen LogP contribution in [0.5, 0.6) is 5.75 Å². The van der Waals surface area contributed by atoms with E-state index in [-0.39, 0.29) is 23.6 Å². The summed E-state index contributed by atoms with van der Waals surface area (Å²) >= 11 is 10.4. The Kier molecular flexibility index (Phi) is 12.1. The number of carbonyl (C=O) groups is 1. The molecule has 11 nitrogen and oxygen atoms in total. The van der Waals surface area contributed by atoms with Gasteiger partial charge in [-0.3, -0.25) is 9.58 Å². The van der Waals surface area contributed by atoms with E-state index in [0.717, 1.165) is 16.8 Å². The number of alkyl halides is 3. The lowest BCUT2D eigenvalue weighted by molar-refractivity contribution is -0.172. The Bertz CT molecular complexity index is 1900. The fourth-order valence-corrected chi connectivity index (χ4v) is 8.82. The molecule has 2 aromatic heterocycles. The molecule has 0 N–H and O–H groups in total. The predicted octanol–water partition coefficient (Wildman–Crippen LogP) is 8.90. The van der Waals surface area contributed by atoms with E-state index >= 15 is 0 Å². The van der Waals surface area contributed by atoms with Gasteiger partial charge < -0.3 is 23.7 Å². The summed E-state index contributed by atoms with van der Waals surface area (Å²) in [5, 5.41) is 4.89. The van der Waals surface area contributed by atoms with Gasteiger partial charge in [0.1, 0.15) is 28.4 Å². The fourth-order valence-electron chi connectivity index (χ4n) is 6.86. The minimum absolute atomic E-state index is 0.0830. The molecule has 2 aliphatic rings. The molecule has 1 atom stereocenters. The Labute approximate surface area is 337 Å². The highest BCUT2D eigenvalue weighted by atomic mass is 79.9. The summed E-state index contributed by atoms with van der Waals surface area (Å²) in [7, 11) is 1.25. The third-order valence-corrected chi connectivity index (χ3v) is 16.1. The molecule has 17 heteroatoms. The predicted molar refractivity (Wildman–Crippen MR) is 215 cm³/mol. The first-order chi connectivity index (χ1) is 25.2. The van der Waals surface area contributed by atoms with E-state index < -0.39 is 38.8 Å². The molecule has 3 aromatic rings. The number of hydrogen-bond donors (Lipinski definition) is 0. The van der Waals surface area contributed by atoms with Crippen molar-refractivity contribution in [3.05, 3.63) is 39.0 Å². The van der Waals surface area contributed by atoms with Crippen LogP contribution in [0.3, 0.4) is 0 Å². The molecular formula is C38H54BrClF3N7O4Si. The highest BCUT2D eigenvalue weighted by Gasteiger charge is 2.54. The van der Waals surface area contributed by atoms with Crippen molar-refractivity contribution in [1.82, 2.24) is 29.5 Å². The lowest BCUT2D eigenvalue weighted by Crippen LogP contribution is -2.73. The summed E-state index contributed by atoms with van der Waals surface area (Å²) in [6.07, 6.45) is -5.14. The van der Waals surface area contributed by atoms with Gasteiger partial charge in [0.2, 0.25) is 0 Å². The molecule has 2 aliphatic heterocycles. The monoisotopic (exact) mass is 871 g/mol. The molecule has 1 amide bonds. The maximum absolute atomic E-state index is 13.0. The maximum atomic E-state index is 13.0. The van der Waals surface area contributed by atoms with Crippen LogP contribution in [-0.4, -0.2) is 115 Å². The number of anilines is 1. The smallest absolute Gasteiger partial charge is 0.410 e. The molecule has 2 fully saturated rings. The molecule has 5 rings (SSSR count). The molecule has 1 aromatic carbocycles. The van der Waals surface area contributed by atoms with Crippen LogP contribution in [0.15, 0.2) is 22.8 Å². The first kappa shape index (κ1) is 43.2. The van der Waals surface area contributed by atoms with Gasteiger partial charge in [-0.15, -0.1) is 0 Å². The lowest BCUT2D eigenvalue weighted by Gasteiger charge is -2.61. The quantitative estimate of drug-likeness (QED) is 0.175. The number of nitrogens with zero attached hydrogens (tertiary/aromatic N) is 7. The summed E-state index contributed by atoms with van der Waals surface area (Å²) in [5.74, 6) is 1.57.